The Labute approximate surface area is 143 Å². The van der Waals surface area contributed by atoms with E-state index in [1.54, 1.807) is 0 Å². The van der Waals surface area contributed by atoms with Crippen LogP contribution in [0.15, 0.2) is 60.7 Å². The summed E-state index contributed by atoms with van der Waals surface area (Å²) in [6.45, 7) is 3.17. The first-order valence-corrected chi connectivity index (χ1v) is 8.46. The Morgan fingerprint density at radius 2 is 1.33 bits per heavy atom. The first-order valence-electron chi connectivity index (χ1n) is 8.46. The van der Waals surface area contributed by atoms with E-state index in [0.717, 1.165) is 11.1 Å². The van der Waals surface area contributed by atoms with Gasteiger partial charge in [0, 0.05) is 6.04 Å². The Hall–Kier alpha value is -1.72. The summed E-state index contributed by atoms with van der Waals surface area (Å²) in [5.74, 6) is 0. The number of nitrogens with one attached hydrogen (secondary N) is 1. The van der Waals surface area contributed by atoms with Crippen LogP contribution in [0.3, 0.4) is 0 Å². The molecule has 0 saturated carbocycles. The van der Waals surface area contributed by atoms with E-state index < -0.39 is 0 Å². The van der Waals surface area contributed by atoms with Crippen molar-refractivity contribution in [3.63, 3.8) is 0 Å². The first-order chi connectivity index (χ1) is 11.8. The molecular formula is C20H25NO3. The van der Waals surface area contributed by atoms with E-state index in [4.69, 9.17) is 9.47 Å². The van der Waals surface area contributed by atoms with Crippen molar-refractivity contribution in [2.24, 2.45) is 0 Å². The Kier molecular flexibility index (Phi) is 5.99. The lowest BCUT2D eigenvalue weighted by Gasteiger charge is -2.25. The maximum Gasteiger partial charge on any atom is 0.103 e. The van der Waals surface area contributed by atoms with Crippen LogP contribution in [0.2, 0.25) is 0 Å². The average Bonchev–Trinajstić information content (AvgIpc) is 2.94. The molecule has 24 heavy (non-hydrogen) atoms. The largest absolute Gasteiger partial charge is 0.395 e. The van der Waals surface area contributed by atoms with E-state index in [1.807, 2.05) is 48.5 Å². The minimum atomic E-state index is -0.172. The molecule has 2 N–H and O–H groups in total. The van der Waals surface area contributed by atoms with Crippen molar-refractivity contribution < 1.29 is 14.6 Å². The number of rotatable bonds is 7. The normalized spacial score (nSPS) is 26.6. The van der Waals surface area contributed by atoms with Crippen molar-refractivity contribution in [3.8, 4) is 0 Å². The van der Waals surface area contributed by atoms with Crippen molar-refractivity contribution in [2.45, 2.75) is 44.4 Å². The van der Waals surface area contributed by atoms with Gasteiger partial charge in [0.15, 0.2) is 0 Å². The molecule has 128 valence electrons. The lowest BCUT2D eigenvalue weighted by molar-refractivity contribution is -0.0810. The van der Waals surface area contributed by atoms with E-state index in [9.17, 15) is 5.11 Å². The smallest absolute Gasteiger partial charge is 0.103 e. The van der Waals surface area contributed by atoms with Gasteiger partial charge in [0.05, 0.1) is 25.9 Å². The molecule has 1 heterocycles. The van der Waals surface area contributed by atoms with Gasteiger partial charge in [-0.15, -0.1) is 0 Å². The van der Waals surface area contributed by atoms with Crippen LogP contribution < -0.4 is 5.32 Å². The fraction of sp³-hybridized carbons (Fsp3) is 0.400. The lowest BCUT2D eigenvalue weighted by Crippen LogP contribution is -2.39. The predicted molar refractivity (Wildman–Crippen MR) is 93.5 cm³/mol. The monoisotopic (exact) mass is 327 g/mol. The lowest BCUT2D eigenvalue weighted by atomic mass is 10.1. The van der Waals surface area contributed by atoms with E-state index >= 15 is 0 Å². The molecule has 4 nitrogen and oxygen atoms in total. The molecule has 0 radical (unpaired) electrons. The molecule has 2 aromatic carbocycles. The minimum absolute atomic E-state index is 0.0367. The third kappa shape index (κ3) is 4.22. The summed E-state index contributed by atoms with van der Waals surface area (Å²) in [6.07, 6.45) is -0.264. The van der Waals surface area contributed by atoms with Crippen LogP contribution in [0.5, 0.6) is 0 Å². The fourth-order valence-corrected chi connectivity index (χ4v) is 3.18. The van der Waals surface area contributed by atoms with Gasteiger partial charge in [0.1, 0.15) is 12.2 Å². The van der Waals surface area contributed by atoms with Crippen LogP contribution in [0.1, 0.15) is 18.1 Å². The van der Waals surface area contributed by atoms with Crippen LogP contribution >= 0.6 is 0 Å². The molecule has 1 saturated heterocycles. The highest BCUT2D eigenvalue weighted by Gasteiger charge is 2.42. The van der Waals surface area contributed by atoms with Crippen LogP contribution in [0.4, 0.5) is 0 Å². The van der Waals surface area contributed by atoms with Crippen molar-refractivity contribution in [3.05, 3.63) is 71.8 Å². The standard InChI is InChI=1S/C20H25NO3/c1-15-19(23-13-16-8-4-2-5-9-16)20(18(12-22)21-15)24-14-17-10-6-3-7-11-17/h2-11,15,18-22H,12-14H2,1H3/t15-,18-,19-,20-/m1/s1. The Morgan fingerprint density at radius 1 is 0.833 bits per heavy atom. The van der Waals surface area contributed by atoms with Crippen LogP contribution in [0.25, 0.3) is 0 Å². The molecule has 1 aliphatic rings. The molecule has 4 atom stereocenters. The van der Waals surface area contributed by atoms with E-state index in [0.29, 0.717) is 13.2 Å². The Balaban J connectivity index is 1.63. The Bertz CT molecular complexity index is 605. The molecule has 0 aromatic heterocycles. The second kappa shape index (κ2) is 8.40. The van der Waals surface area contributed by atoms with Gasteiger partial charge in [-0.1, -0.05) is 60.7 Å². The molecule has 1 aliphatic heterocycles. The summed E-state index contributed by atoms with van der Waals surface area (Å²) >= 11 is 0. The highest BCUT2D eigenvalue weighted by atomic mass is 16.5. The van der Waals surface area contributed by atoms with Crippen molar-refractivity contribution in [1.82, 2.24) is 5.32 Å². The summed E-state index contributed by atoms with van der Waals surface area (Å²) in [5, 5.41) is 13.0. The van der Waals surface area contributed by atoms with Gasteiger partial charge in [0.2, 0.25) is 0 Å². The molecule has 2 aromatic rings. The molecule has 0 amide bonds. The van der Waals surface area contributed by atoms with Gasteiger partial charge in [-0.3, -0.25) is 0 Å². The van der Waals surface area contributed by atoms with Gasteiger partial charge in [-0.25, -0.2) is 0 Å². The summed E-state index contributed by atoms with van der Waals surface area (Å²) < 4.78 is 12.3. The van der Waals surface area contributed by atoms with Gasteiger partial charge in [-0.2, -0.15) is 0 Å². The third-order valence-corrected chi connectivity index (χ3v) is 4.46. The zero-order chi connectivity index (χ0) is 16.8. The van der Waals surface area contributed by atoms with Crippen molar-refractivity contribution >= 4 is 0 Å². The van der Waals surface area contributed by atoms with E-state index in [-0.39, 0.29) is 30.9 Å². The Morgan fingerprint density at radius 3 is 1.83 bits per heavy atom. The number of benzene rings is 2. The van der Waals surface area contributed by atoms with Crippen LogP contribution in [-0.4, -0.2) is 36.0 Å². The zero-order valence-corrected chi connectivity index (χ0v) is 14.0. The van der Waals surface area contributed by atoms with Crippen molar-refractivity contribution in [2.75, 3.05) is 6.61 Å². The van der Waals surface area contributed by atoms with Gasteiger partial charge < -0.3 is 19.9 Å². The SMILES string of the molecule is C[C@H]1N[C@H](CO)[C@@H](OCc2ccccc2)[C@@H]1OCc1ccccc1. The van der Waals surface area contributed by atoms with Crippen LogP contribution in [0, 0.1) is 0 Å². The van der Waals surface area contributed by atoms with Crippen molar-refractivity contribution in [1.29, 1.82) is 0 Å². The highest BCUT2D eigenvalue weighted by molar-refractivity contribution is 5.15. The molecule has 0 bridgehead atoms. The molecular weight excluding hydrogens is 302 g/mol. The van der Waals surface area contributed by atoms with Gasteiger partial charge in [0.25, 0.3) is 0 Å². The predicted octanol–water partition coefficient (Wildman–Crippen LogP) is 2.51. The quantitative estimate of drug-likeness (QED) is 0.820. The molecule has 0 unspecified atom stereocenters. The molecule has 1 fully saturated rings. The summed E-state index contributed by atoms with van der Waals surface area (Å²) in [6, 6.07) is 20.2. The number of aliphatic hydroxyl groups excluding tert-OH is 1. The van der Waals surface area contributed by atoms with Gasteiger partial charge in [-0.05, 0) is 18.1 Å². The topological polar surface area (TPSA) is 50.7 Å². The molecule has 0 spiro atoms. The minimum Gasteiger partial charge on any atom is -0.395 e. The maximum atomic E-state index is 9.66. The second-order valence-electron chi connectivity index (χ2n) is 6.27. The third-order valence-electron chi connectivity index (χ3n) is 4.46. The molecule has 0 aliphatic carbocycles. The summed E-state index contributed by atoms with van der Waals surface area (Å²) in [4.78, 5) is 0. The highest BCUT2D eigenvalue weighted by Crippen LogP contribution is 2.23. The number of hydrogen-bond donors (Lipinski definition) is 2. The first kappa shape index (κ1) is 17.1. The number of hydrogen-bond acceptors (Lipinski definition) is 4. The van der Waals surface area contributed by atoms with E-state index in [1.165, 1.54) is 0 Å². The average molecular weight is 327 g/mol. The zero-order valence-electron chi connectivity index (χ0n) is 14.0. The number of aliphatic hydroxyl groups is 1. The van der Waals surface area contributed by atoms with Gasteiger partial charge >= 0.3 is 0 Å². The second-order valence-corrected chi connectivity index (χ2v) is 6.27. The van der Waals surface area contributed by atoms with E-state index in [2.05, 4.69) is 24.4 Å². The maximum absolute atomic E-state index is 9.66. The molecule has 4 heteroatoms. The molecule has 3 rings (SSSR count). The van der Waals surface area contributed by atoms with Crippen LogP contribution in [-0.2, 0) is 22.7 Å². The fourth-order valence-electron chi connectivity index (χ4n) is 3.18. The number of ether oxygens (including phenoxy) is 2. The summed E-state index contributed by atoms with van der Waals surface area (Å²) in [5.41, 5.74) is 2.26. The summed E-state index contributed by atoms with van der Waals surface area (Å²) in [7, 11) is 0.